The zero-order valence-electron chi connectivity index (χ0n) is 13.5. The number of aromatic nitrogens is 3. The van der Waals surface area contributed by atoms with E-state index in [1.807, 2.05) is 85.0 Å². The van der Waals surface area contributed by atoms with Crippen molar-refractivity contribution >= 4 is 11.6 Å². The van der Waals surface area contributed by atoms with E-state index >= 15 is 0 Å². The second kappa shape index (κ2) is 6.12. The maximum absolute atomic E-state index is 12.3. The Morgan fingerprint density at radius 2 is 1.78 bits per heavy atom. The average Bonchev–Trinajstić information content (AvgIpc) is 3.19. The first-order chi connectivity index (χ1) is 11.1. The zero-order chi connectivity index (χ0) is 16.4. The lowest BCUT2D eigenvalue weighted by molar-refractivity contribution is -0.118. The number of hydrogen-bond acceptors (Lipinski definition) is 2. The first-order valence-corrected chi connectivity index (χ1v) is 7.60. The molecule has 0 saturated carbocycles. The van der Waals surface area contributed by atoms with Crippen molar-refractivity contribution in [3.05, 3.63) is 66.5 Å². The lowest BCUT2D eigenvalue weighted by Crippen LogP contribution is -2.22. The Labute approximate surface area is 135 Å². The molecular formula is C18H20N4O. The highest BCUT2D eigenvalue weighted by atomic mass is 16.2. The van der Waals surface area contributed by atoms with Crippen LogP contribution >= 0.6 is 0 Å². The van der Waals surface area contributed by atoms with Crippen LogP contribution in [-0.4, -0.2) is 20.0 Å². The van der Waals surface area contributed by atoms with Crippen LogP contribution in [-0.2, 0) is 4.79 Å². The van der Waals surface area contributed by atoms with E-state index < -0.39 is 0 Å². The van der Waals surface area contributed by atoms with Gasteiger partial charge < -0.3 is 14.5 Å². The van der Waals surface area contributed by atoms with Crippen molar-refractivity contribution in [1.82, 2.24) is 14.1 Å². The van der Waals surface area contributed by atoms with Gasteiger partial charge in [-0.2, -0.15) is 0 Å². The molecule has 1 aromatic carbocycles. The minimum Gasteiger partial charge on any atom is -0.342 e. The Kier molecular flexibility index (Phi) is 4.02. The maximum Gasteiger partial charge on any atom is 0.247 e. The summed E-state index contributed by atoms with van der Waals surface area (Å²) in [7, 11) is 0. The molecule has 5 nitrogen and oxygen atoms in total. The number of nitrogens with one attached hydrogen (secondary N) is 1. The molecule has 3 aromatic rings. The second-order valence-electron chi connectivity index (χ2n) is 5.63. The summed E-state index contributed by atoms with van der Waals surface area (Å²) in [5.74, 6) is -0.0383. The topological polar surface area (TPSA) is 51.9 Å². The summed E-state index contributed by atoms with van der Waals surface area (Å²) in [6.07, 6.45) is 5.58. The van der Waals surface area contributed by atoms with E-state index in [2.05, 4.69) is 10.3 Å². The number of hydrogen-bond donors (Lipinski definition) is 1. The molecule has 5 heteroatoms. The van der Waals surface area contributed by atoms with Crippen molar-refractivity contribution in [1.29, 1.82) is 0 Å². The summed E-state index contributed by atoms with van der Waals surface area (Å²) in [5, 5.41) is 2.94. The predicted octanol–water partition coefficient (Wildman–Crippen LogP) is 3.49. The highest BCUT2D eigenvalue weighted by molar-refractivity contribution is 5.93. The van der Waals surface area contributed by atoms with Crippen LogP contribution in [0, 0.1) is 13.8 Å². The van der Waals surface area contributed by atoms with Crippen LogP contribution in [0.1, 0.15) is 24.4 Å². The van der Waals surface area contributed by atoms with E-state index in [-0.39, 0.29) is 11.9 Å². The third-order valence-corrected chi connectivity index (χ3v) is 4.12. The smallest absolute Gasteiger partial charge is 0.247 e. The summed E-state index contributed by atoms with van der Waals surface area (Å²) >= 11 is 0. The minimum absolute atomic E-state index is 0.0383. The van der Waals surface area contributed by atoms with Crippen molar-refractivity contribution in [3.63, 3.8) is 0 Å². The number of nitrogens with zero attached hydrogens (tertiary/aromatic N) is 3. The van der Waals surface area contributed by atoms with Gasteiger partial charge in [0, 0.05) is 29.5 Å². The van der Waals surface area contributed by atoms with Crippen molar-refractivity contribution in [2.24, 2.45) is 0 Å². The number of aryl methyl sites for hydroxylation is 1. The molecule has 0 aliphatic carbocycles. The van der Waals surface area contributed by atoms with Crippen LogP contribution in [0.3, 0.4) is 0 Å². The van der Waals surface area contributed by atoms with Crippen molar-refractivity contribution < 1.29 is 4.79 Å². The normalized spacial score (nSPS) is 12.1. The van der Waals surface area contributed by atoms with Gasteiger partial charge in [-0.25, -0.2) is 4.98 Å². The molecule has 1 N–H and O–H groups in total. The molecule has 3 rings (SSSR count). The quantitative estimate of drug-likeness (QED) is 0.802. The molecule has 23 heavy (non-hydrogen) atoms. The van der Waals surface area contributed by atoms with Gasteiger partial charge in [0.15, 0.2) is 0 Å². The average molecular weight is 308 g/mol. The van der Waals surface area contributed by atoms with Gasteiger partial charge in [-0.3, -0.25) is 4.79 Å². The molecule has 2 heterocycles. The second-order valence-corrected chi connectivity index (χ2v) is 5.63. The summed E-state index contributed by atoms with van der Waals surface area (Å²) < 4.78 is 3.91. The van der Waals surface area contributed by atoms with E-state index in [4.69, 9.17) is 0 Å². The minimum atomic E-state index is -0.247. The lowest BCUT2D eigenvalue weighted by atomic mass is 10.2. The third kappa shape index (κ3) is 3.04. The van der Waals surface area contributed by atoms with Gasteiger partial charge in [0.25, 0.3) is 0 Å². The molecule has 0 aliphatic heterocycles. The summed E-state index contributed by atoms with van der Waals surface area (Å²) in [5.41, 5.74) is 3.94. The van der Waals surface area contributed by atoms with Crippen LogP contribution in [0.5, 0.6) is 0 Å². The Morgan fingerprint density at radius 3 is 2.35 bits per heavy atom. The van der Waals surface area contributed by atoms with Crippen LogP contribution in [0.4, 0.5) is 5.69 Å². The molecule has 0 aliphatic rings. The number of carbonyl (C=O) groups is 1. The maximum atomic E-state index is 12.3. The van der Waals surface area contributed by atoms with Crippen LogP contribution in [0.15, 0.2) is 55.1 Å². The van der Waals surface area contributed by atoms with Crippen molar-refractivity contribution in [2.45, 2.75) is 26.8 Å². The van der Waals surface area contributed by atoms with Gasteiger partial charge in [-0.1, -0.05) is 0 Å². The van der Waals surface area contributed by atoms with E-state index in [9.17, 15) is 4.79 Å². The van der Waals surface area contributed by atoms with Crippen LogP contribution in [0.25, 0.3) is 5.69 Å². The number of amides is 1. The van der Waals surface area contributed by atoms with Crippen LogP contribution in [0.2, 0.25) is 0 Å². The Bertz CT molecular complexity index is 800. The SMILES string of the molecule is Cc1ncn(-c2ccc(NC(=O)C(C)n3cccc3)cc2)c1C. The first kappa shape index (κ1) is 15.1. The molecular weight excluding hydrogens is 288 g/mol. The number of carbonyl (C=O) groups excluding carboxylic acids is 1. The molecule has 0 fully saturated rings. The molecule has 0 bridgehead atoms. The van der Waals surface area contributed by atoms with E-state index in [1.54, 1.807) is 0 Å². The van der Waals surface area contributed by atoms with E-state index in [0.29, 0.717) is 0 Å². The van der Waals surface area contributed by atoms with Gasteiger partial charge in [-0.05, 0) is 57.2 Å². The third-order valence-electron chi connectivity index (χ3n) is 4.12. The van der Waals surface area contributed by atoms with Gasteiger partial charge in [-0.15, -0.1) is 0 Å². The highest BCUT2D eigenvalue weighted by Gasteiger charge is 2.14. The largest absolute Gasteiger partial charge is 0.342 e. The predicted molar refractivity (Wildman–Crippen MR) is 90.8 cm³/mol. The highest BCUT2D eigenvalue weighted by Crippen LogP contribution is 2.18. The Balaban J connectivity index is 1.73. The molecule has 0 radical (unpaired) electrons. The van der Waals surface area contributed by atoms with Gasteiger partial charge in [0.2, 0.25) is 5.91 Å². The lowest BCUT2D eigenvalue weighted by Gasteiger charge is -2.14. The molecule has 1 unspecified atom stereocenters. The van der Waals surface area contributed by atoms with Crippen molar-refractivity contribution in [2.75, 3.05) is 5.32 Å². The standard InChI is InChI=1S/C18H20N4O/c1-13-14(2)22(12-19-13)17-8-6-16(7-9-17)20-18(23)15(3)21-10-4-5-11-21/h4-12,15H,1-3H3,(H,20,23). The molecule has 2 aromatic heterocycles. The fourth-order valence-electron chi connectivity index (χ4n) is 2.45. The molecule has 1 amide bonds. The molecule has 118 valence electrons. The number of benzene rings is 1. The van der Waals surface area contributed by atoms with E-state index in [0.717, 1.165) is 22.8 Å². The summed E-state index contributed by atoms with van der Waals surface area (Å²) in [6, 6.07) is 11.3. The first-order valence-electron chi connectivity index (χ1n) is 7.60. The van der Waals surface area contributed by atoms with Gasteiger partial charge in [0.1, 0.15) is 6.04 Å². The van der Waals surface area contributed by atoms with Crippen molar-refractivity contribution in [3.8, 4) is 5.69 Å². The fraction of sp³-hybridized carbons (Fsp3) is 0.222. The summed E-state index contributed by atoms with van der Waals surface area (Å²) in [6.45, 7) is 5.90. The van der Waals surface area contributed by atoms with Gasteiger partial charge in [0.05, 0.1) is 12.0 Å². The summed E-state index contributed by atoms with van der Waals surface area (Å²) in [4.78, 5) is 16.6. The molecule has 0 spiro atoms. The monoisotopic (exact) mass is 308 g/mol. The number of rotatable bonds is 4. The zero-order valence-corrected chi connectivity index (χ0v) is 13.5. The van der Waals surface area contributed by atoms with Crippen LogP contribution < -0.4 is 5.32 Å². The Morgan fingerprint density at radius 1 is 1.13 bits per heavy atom. The number of imidazole rings is 1. The van der Waals surface area contributed by atoms with Gasteiger partial charge >= 0.3 is 0 Å². The molecule has 0 saturated heterocycles. The van der Waals surface area contributed by atoms with E-state index in [1.165, 1.54) is 0 Å². The number of anilines is 1. The Hall–Kier alpha value is -2.82. The molecule has 1 atom stereocenters. The fourth-order valence-corrected chi connectivity index (χ4v) is 2.45.